The van der Waals surface area contributed by atoms with Gasteiger partial charge in [0.15, 0.2) is 0 Å². The van der Waals surface area contributed by atoms with Crippen molar-refractivity contribution in [3.63, 3.8) is 0 Å². The van der Waals surface area contributed by atoms with E-state index in [0.29, 0.717) is 30.1 Å². The van der Waals surface area contributed by atoms with Crippen molar-refractivity contribution < 1.29 is 9.59 Å². The SMILES string of the molecule is O=C(NCCN1CCCC1=O)c1ccc(N2CCCC2)c(Cl)c1. The fraction of sp³-hybridized carbons (Fsp3) is 0.529. The Morgan fingerprint density at radius 1 is 1.17 bits per heavy atom. The number of nitrogens with one attached hydrogen (secondary N) is 1. The van der Waals surface area contributed by atoms with E-state index in [9.17, 15) is 9.59 Å². The summed E-state index contributed by atoms with van der Waals surface area (Å²) in [5.74, 6) is 0.0313. The van der Waals surface area contributed by atoms with E-state index in [2.05, 4.69) is 10.2 Å². The van der Waals surface area contributed by atoms with Crippen molar-refractivity contribution in [3.05, 3.63) is 28.8 Å². The van der Waals surface area contributed by atoms with Gasteiger partial charge < -0.3 is 15.1 Å². The summed E-state index contributed by atoms with van der Waals surface area (Å²) in [7, 11) is 0. The number of nitrogens with zero attached hydrogens (tertiary/aromatic N) is 2. The lowest BCUT2D eigenvalue weighted by Gasteiger charge is -2.19. The molecule has 0 aromatic heterocycles. The molecular formula is C17H22ClN3O2. The van der Waals surface area contributed by atoms with Gasteiger partial charge in [-0.15, -0.1) is 0 Å². The van der Waals surface area contributed by atoms with E-state index in [1.807, 2.05) is 12.1 Å². The van der Waals surface area contributed by atoms with Gasteiger partial charge in [0.25, 0.3) is 5.91 Å². The van der Waals surface area contributed by atoms with Crippen LogP contribution in [0.4, 0.5) is 5.69 Å². The normalized spacial score (nSPS) is 17.9. The third-order valence-corrected chi connectivity index (χ3v) is 4.80. The number of carbonyl (C=O) groups excluding carboxylic acids is 2. The van der Waals surface area contributed by atoms with Crippen LogP contribution >= 0.6 is 11.6 Å². The number of likely N-dealkylation sites (tertiary alicyclic amines) is 1. The zero-order valence-electron chi connectivity index (χ0n) is 13.2. The Hall–Kier alpha value is -1.75. The number of rotatable bonds is 5. The molecule has 2 fully saturated rings. The molecule has 1 N–H and O–H groups in total. The van der Waals surface area contributed by atoms with Gasteiger partial charge in [0, 0.05) is 44.7 Å². The van der Waals surface area contributed by atoms with Gasteiger partial charge in [-0.25, -0.2) is 0 Å². The van der Waals surface area contributed by atoms with Crippen LogP contribution in [0.2, 0.25) is 5.02 Å². The van der Waals surface area contributed by atoms with E-state index in [1.54, 1.807) is 11.0 Å². The fourth-order valence-electron chi connectivity index (χ4n) is 3.21. The van der Waals surface area contributed by atoms with Gasteiger partial charge in [0.1, 0.15) is 0 Å². The van der Waals surface area contributed by atoms with Crippen LogP contribution in [0.15, 0.2) is 18.2 Å². The molecule has 2 aliphatic rings. The Morgan fingerprint density at radius 2 is 1.96 bits per heavy atom. The van der Waals surface area contributed by atoms with Crippen molar-refractivity contribution in [2.75, 3.05) is 37.6 Å². The number of halogens is 1. The average Bonchev–Trinajstić information content (AvgIpc) is 3.19. The summed E-state index contributed by atoms with van der Waals surface area (Å²) in [5, 5.41) is 3.48. The first-order valence-corrected chi connectivity index (χ1v) is 8.63. The average molecular weight is 336 g/mol. The molecule has 0 radical (unpaired) electrons. The van der Waals surface area contributed by atoms with Crippen LogP contribution in [0.1, 0.15) is 36.0 Å². The summed E-state index contributed by atoms with van der Waals surface area (Å²) in [4.78, 5) is 27.8. The van der Waals surface area contributed by atoms with Crippen molar-refractivity contribution in [1.82, 2.24) is 10.2 Å². The van der Waals surface area contributed by atoms with Crippen molar-refractivity contribution in [2.45, 2.75) is 25.7 Å². The van der Waals surface area contributed by atoms with Crippen molar-refractivity contribution in [3.8, 4) is 0 Å². The van der Waals surface area contributed by atoms with Crippen molar-refractivity contribution in [2.24, 2.45) is 0 Å². The van der Waals surface area contributed by atoms with E-state index >= 15 is 0 Å². The van der Waals surface area contributed by atoms with E-state index < -0.39 is 0 Å². The summed E-state index contributed by atoms with van der Waals surface area (Å²) < 4.78 is 0. The number of amides is 2. The molecule has 5 nitrogen and oxygen atoms in total. The Morgan fingerprint density at radius 3 is 2.61 bits per heavy atom. The van der Waals surface area contributed by atoms with Crippen LogP contribution in [0.5, 0.6) is 0 Å². The molecule has 3 rings (SSSR count). The van der Waals surface area contributed by atoms with Crippen LogP contribution in [0.3, 0.4) is 0 Å². The second kappa shape index (κ2) is 7.21. The molecule has 0 spiro atoms. The second-order valence-electron chi connectivity index (χ2n) is 6.10. The Balaban J connectivity index is 1.54. The number of carbonyl (C=O) groups is 2. The third-order valence-electron chi connectivity index (χ3n) is 4.50. The minimum absolute atomic E-state index is 0.147. The summed E-state index contributed by atoms with van der Waals surface area (Å²) >= 11 is 6.34. The Kier molecular flexibility index (Phi) is 5.06. The third kappa shape index (κ3) is 3.78. The highest BCUT2D eigenvalue weighted by Crippen LogP contribution is 2.29. The number of hydrogen-bond donors (Lipinski definition) is 1. The predicted molar refractivity (Wildman–Crippen MR) is 91.0 cm³/mol. The molecule has 0 bridgehead atoms. The van der Waals surface area contributed by atoms with Gasteiger partial charge in [-0.1, -0.05) is 11.6 Å². The molecule has 6 heteroatoms. The minimum Gasteiger partial charge on any atom is -0.370 e. The molecule has 0 atom stereocenters. The highest BCUT2D eigenvalue weighted by Gasteiger charge is 2.20. The lowest BCUT2D eigenvalue weighted by Crippen LogP contribution is -2.35. The monoisotopic (exact) mass is 335 g/mol. The number of hydrogen-bond acceptors (Lipinski definition) is 3. The molecule has 0 unspecified atom stereocenters. The van der Waals surface area contributed by atoms with Crippen LogP contribution in [-0.2, 0) is 4.79 Å². The largest absolute Gasteiger partial charge is 0.370 e. The molecule has 2 amide bonds. The Bertz CT molecular complexity index is 600. The maximum atomic E-state index is 12.2. The summed E-state index contributed by atoms with van der Waals surface area (Å²) in [6.07, 6.45) is 3.92. The molecule has 124 valence electrons. The lowest BCUT2D eigenvalue weighted by atomic mass is 10.2. The van der Waals surface area contributed by atoms with E-state index in [-0.39, 0.29) is 11.8 Å². The molecule has 0 saturated carbocycles. The maximum absolute atomic E-state index is 12.2. The lowest BCUT2D eigenvalue weighted by molar-refractivity contribution is -0.127. The summed E-state index contributed by atoms with van der Waals surface area (Å²) in [6, 6.07) is 5.47. The van der Waals surface area contributed by atoms with Gasteiger partial charge in [-0.05, 0) is 37.5 Å². The topological polar surface area (TPSA) is 52.7 Å². The standard InChI is InChI=1S/C17H22ClN3O2/c18-14-12-13(5-6-15(14)20-8-1-2-9-20)17(23)19-7-11-21-10-3-4-16(21)22/h5-6,12H,1-4,7-11H2,(H,19,23). The molecular weight excluding hydrogens is 314 g/mol. The molecule has 0 aliphatic carbocycles. The zero-order chi connectivity index (χ0) is 16.2. The first kappa shape index (κ1) is 16.1. The van der Waals surface area contributed by atoms with Crippen LogP contribution in [-0.4, -0.2) is 49.4 Å². The van der Waals surface area contributed by atoms with Gasteiger partial charge in [-0.3, -0.25) is 9.59 Å². The van der Waals surface area contributed by atoms with E-state index in [0.717, 1.165) is 31.7 Å². The highest BCUT2D eigenvalue weighted by atomic mass is 35.5. The molecule has 2 aliphatic heterocycles. The van der Waals surface area contributed by atoms with Gasteiger partial charge in [-0.2, -0.15) is 0 Å². The number of benzene rings is 1. The first-order chi connectivity index (χ1) is 11.1. The summed E-state index contributed by atoms with van der Waals surface area (Å²) in [6.45, 7) is 3.88. The number of anilines is 1. The van der Waals surface area contributed by atoms with Gasteiger partial charge in [0.05, 0.1) is 10.7 Å². The molecule has 2 heterocycles. The van der Waals surface area contributed by atoms with E-state index in [4.69, 9.17) is 11.6 Å². The maximum Gasteiger partial charge on any atom is 0.251 e. The first-order valence-electron chi connectivity index (χ1n) is 8.25. The molecule has 23 heavy (non-hydrogen) atoms. The highest BCUT2D eigenvalue weighted by molar-refractivity contribution is 6.33. The van der Waals surface area contributed by atoms with E-state index in [1.165, 1.54) is 12.8 Å². The fourth-order valence-corrected chi connectivity index (χ4v) is 3.51. The summed E-state index contributed by atoms with van der Waals surface area (Å²) in [5.41, 5.74) is 1.56. The quantitative estimate of drug-likeness (QED) is 0.898. The molecule has 2 saturated heterocycles. The van der Waals surface area contributed by atoms with Crippen molar-refractivity contribution in [1.29, 1.82) is 0 Å². The van der Waals surface area contributed by atoms with Crippen LogP contribution in [0, 0.1) is 0 Å². The van der Waals surface area contributed by atoms with Gasteiger partial charge >= 0.3 is 0 Å². The zero-order valence-corrected chi connectivity index (χ0v) is 13.9. The smallest absolute Gasteiger partial charge is 0.251 e. The predicted octanol–water partition coefficient (Wildman–Crippen LogP) is 2.29. The second-order valence-corrected chi connectivity index (χ2v) is 6.51. The molecule has 1 aromatic rings. The minimum atomic E-state index is -0.147. The van der Waals surface area contributed by atoms with Crippen molar-refractivity contribution >= 4 is 29.1 Å². The van der Waals surface area contributed by atoms with Gasteiger partial charge in [0.2, 0.25) is 5.91 Å². The Labute approximate surface area is 141 Å². The van der Waals surface area contributed by atoms with Crippen LogP contribution < -0.4 is 10.2 Å². The molecule has 1 aromatic carbocycles. The van der Waals surface area contributed by atoms with Crippen LogP contribution in [0.25, 0.3) is 0 Å².